The fourth-order valence-electron chi connectivity index (χ4n) is 2.55. The first-order valence-corrected chi connectivity index (χ1v) is 6.10. The summed E-state index contributed by atoms with van der Waals surface area (Å²) < 4.78 is 5.57. The van der Waals surface area contributed by atoms with E-state index in [9.17, 15) is 0 Å². The van der Waals surface area contributed by atoms with Crippen molar-refractivity contribution in [3.63, 3.8) is 0 Å². The molecule has 0 bridgehead atoms. The van der Waals surface area contributed by atoms with Crippen molar-refractivity contribution in [3.05, 3.63) is 35.4 Å². The van der Waals surface area contributed by atoms with Crippen LogP contribution in [0.15, 0.2) is 24.3 Å². The molecule has 16 heavy (non-hydrogen) atoms. The van der Waals surface area contributed by atoms with Crippen molar-refractivity contribution < 1.29 is 4.74 Å². The van der Waals surface area contributed by atoms with Crippen LogP contribution in [0.4, 0.5) is 0 Å². The van der Waals surface area contributed by atoms with Gasteiger partial charge < -0.3 is 10.5 Å². The molecule has 0 spiro atoms. The van der Waals surface area contributed by atoms with Gasteiger partial charge in [-0.05, 0) is 37.8 Å². The van der Waals surface area contributed by atoms with Crippen LogP contribution in [-0.4, -0.2) is 18.8 Å². The molecule has 1 aliphatic rings. The highest BCUT2D eigenvalue weighted by Gasteiger charge is 2.29. The summed E-state index contributed by atoms with van der Waals surface area (Å²) in [6, 6.07) is 8.71. The number of ether oxygens (including phenoxy) is 1. The predicted molar refractivity (Wildman–Crippen MR) is 66.4 cm³/mol. The SMILES string of the molecule is Cc1ccccc1CC(N)C1CCOC1C. The molecule has 2 N–H and O–H groups in total. The lowest BCUT2D eigenvalue weighted by atomic mass is 9.88. The largest absolute Gasteiger partial charge is 0.378 e. The van der Waals surface area contributed by atoms with E-state index in [4.69, 9.17) is 10.5 Å². The van der Waals surface area contributed by atoms with Crippen LogP contribution in [0.5, 0.6) is 0 Å². The summed E-state index contributed by atoms with van der Waals surface area (Å²) in [5.74, 6) is 0.514. The maximum absolute atomic E-state index is 6.29. The molecule has 0 aliphatic carbocycles. The molecular formula is C14H21NO. The molecule has 1 aromatic rings. The Morgan fingerprint density at radius 1 is 1.44 bits per heavy atom. The number of rotatable bonds is 3. The van der Waals surface area contributed by atoms with Crippen LogP contribution in [0.1, 0.15) is 24.5 Å². The van der Waals surface area contributed by atoms with Crippen molar-refractivity contribution in [2.45, 2.75) is 38.8 Å². The second kappa shape index (κ2) is 4.98. The Morgan fingerprint density at radius 2 is 2.19 bits per heavy atom. The standard InChI is InChI=1S/C14H21NO/c1-10-5-3-4-6-12(10)9-14(15)13-7-8-16-11(13)2/h3-6,11,13-14H,7-9,15H2,1-2H3. The Morgan fingerprint density at radius 3 is 2.81 bits per heavy atom. The third kappa shape index (κ3) is 2.45. The van der Waals surface area contributed by atoms with Gasteiger partial charge in [-0.25, -0.2) is 0 Å². The maximum Gasteiger partial charge on any atom is 0.0590 e. The molecule has 1 fully saturated rings. The van der Waals surface area contributed by atoms with E-state index in [-0.39, 0.29) is 6.04 Å². The first-order valence-electron chi connectivity index (χ1n) is 6.10. The van der Waals surface area contributed by atoms with Gasteiger partial charge in [0.15, 0.2) is 0 Å². The first-order chi connectivity index (χ1) is 7.68. The molecule has 0 amide bonds. The lowest BCUT2D eigenvalue weighted by Crippen LogP contribution is -2.36. The van der Waals surface area contributed by atoms with Gasteiger partial charge in [-0.2, -0.15) is 0 Å². The minimum atomic E-state index is 0.221. The molecule has 0 saturated carbocycles. The third-order valence-electron chi connectivity index (χ3n) is 3.70. The Bertz CT molecular complexity index is 350. The zero-order valence-corrected chi connectivity index (χ0v) is 10.1. The molecule has 2 heteroatoms. The van der Waals surface area contributed by atoms with E-state index in [1.807, 2.05) is 0 Å². The molecule has 3 unspecified atom stereocenters. The zero-order valence-electron chi connectivity index (χ0n) is 10.1. The Hall–Kier alpha value is -0.860. The third-order valence-corrected chi connectivity index (χ3v) is 3.70. The van der Waals surface area contributed by atoms with Crippen LogP contribution >= 0.6 is 0 Å². The number of hydrogen-bond acceptors (Lipinski definition) is 2. The minimum absolute atomic E-state index is 0.221. The van der Waals surface area contributed by atoms with E-state index in [2.05, 4.69) is 38.1 Å². The molecule has 2 rings (SSSR count). The van der Waals surface area contributed by atoms with Crippen LogP contribution in [0.25, 0.3) is 0 Å². The van der Waals surface area contributed by atoms with E-state index in [0.717, 1.165) is 19.4 Å². The van der Waals surface area contributed by atoms with E-state index in [1.165, 1.54) is 11.1 Å². The molecule has 88 valence electrons. The van der Waals surface area contributed by atoms with Gasteiger partial charge in [-0.3, -0.25) is 0 Å². The first kappa shape index (κ1) is 11.6. The van der Waals surface area contributed by atoms with Gasteiger partial charge >= 0.3 is 0 Å². The van der Waals surface area contributed by atoms with E-state index in [1.54, 1.807) is 0 Å². The van der Waals surface area contributed by atoms with E-state index < -0.39 is 0 Å². The van der Waals surface area contributed by atoms with Crippen molar-refractivity contribution in [2.75, 3.05) is 6.61 Å². The molecule has 1 heterocycles. The Kier molecular flexibility index (Phi) is 3.62. The topological polar surface area (TPSA) is 35.2 Å². The van der Waals surface area contributed by atoms with Crippen molar-refractivity contribution in [1.29, 1.82) is 0 Å². The smallest absolute Gasteiger partial charge is 0.0590 e. The summed E-state index contributed by atoms with van der Waals surface area (Å²) in [6.45, 7) is 5.15. The van der Waals surface area contributed by atoms with Crippen LogP contribution in [0.2, 0.25) is 0 Å². The van der Waals surface area contributed by atoms with Gasteiger partial charge in [-0.15, -0.1) is 0 Å². The molecule has 1 saturated heterocycles. The molecule has 2 nitrogen and oxygen atoms in total. The average Bonchev–Trinajstić information content (AvgIpc) is 2.68. The van der Waals surface area contributed by atoms with Crippen molar-refractivity contribution in [1.82, 2.24) is 0 Å². The van der Waals surface area contributed by atoms with E-state index in [0.29, 0.717) is 12.0 Å². The molecule has 1 aliphatic heterocycles. The lowest BCUT2D eigenvalue weighted by molar-refractivity contribution is 0.0995. The minimum Gasteiger partial charge on any atom is -0.378 e. The van der Waals surface area contributed by atoms with Crippen LogP contribution < -0.4 is 5.73 Å². The molecule has 0 radical (unpaired) electrons. The number of hydrogen-bond donors (Lipinski definition) is 1. The lowest BCUT2D eigenvalue weighted by Gasteiger charge is -2.22. The maximum atomic E-state index is 6.29. The predicted octanol–water partition coefficient (Wildman–Crippen LogP) is 2.29. The number of aryl methyl sites for hydroxylation is 1. The highest BCUT2D eigenvalue weighted by atomic mass is 16.5. The van der Waals surface area contributed by atoms with E-state index >= 15 is 0 Å². The fraction of sp³-hybridized carbons (Fsp3) is 0.571. The van der Waals surface area contributed by atoms with Gasteiger partial charge in [0.05, 0.1) is 6.10 Å². The van der Waals surface area contributed by atoms with Crippen molar-refractivity contribution in [3.8, 4) is 0 Å². The van der Waals surface area contributed by atoms with Crippen LogP contribution in [-0.2, 0) is 11.2 Å². The number of benzene rings is 1. The second-order valence-corrected chi connectivity index (χ2v) is 4.82. The molecule has 0 aromatic heterocycles. The summed E-state index contributed by atoms with van der Waals surface area (Å²) in [4.78, 5) is 0. The average molecular weight is 219 g/mol. The fourth-order valence-corrected chi connectivity index (χ4v) is 2.55. The van der Waals surface area contributed by atoms with Crippen molar-refractivity contribution >= 4 is 0 Å². The molecule has 1 aromatic carbocycles. The summed E-state index contributed by atoms with van der Waals surface area (Å²) in [5.41, 5.74) is 9.00. The Labute approximate surface area is 97.8 Å². The summed E-state index contributed by atoms with van der Waals surface area (Å²) >= 11 is 0. The monoisotopic (exact) mass is 219 g/mol. The highest BCUT2D eigenvalue weighted by Crippen LogP contribution is 2.25. The van der Waals surface area contributed by atoms with Gasteiger partial charge in [0.1, 0.15) is 0 Å². The van der Waals surface area contributed by atoms with Crippen molar-refractivity contribution in [2.24, 2.45) is 11.7 Å². The second-order valence-electron chi connectivity index (χ2n) is 4.82. The summed E-state index contributed by atoms with van der Waals surface area (Å²) in [6.07, 6.45) is 2.39. The summed E-state index contributed by atoms with van der Waals surface area (Å²) in [5, 5.41) is 0. The molecule has 3 atom stereocenters. The van der Waals surface area contributed by atoms with Gasteiger partial charge in [-0.1, -0.05) is 24.3 Å². The van der Waals surface area contributed by atoms with Gasteiger partial charge in [0.25, 0.3) is 0 Å². The Balaban J connectivity index is 2.02. The normalized spacial score (nSPS) is 26.9. The quantitative estimate of drug-likeness (QED) is 0.846. The van der Waals surface area contributed by atoms with Gasteiger partial charge in [0, 0.05) is 18.6 Å². The molecular weight excluding hydrogens is 198 g/mol. The number of nitrogens with two attached hydrogens (primary N) is 1. The summed E-state index contributed by atoms with van der Waals surface area (Å²) in [7, 11) is 0. The van der Waals surface area contributed by atoms with Gasteiger partial charge in [0.2, 0.25) is 0 Å². The van der Waals surface area contributed by atoms with Crippen LogP contribution in [0.3, 0.4) is 0 Å². The van der Waals surface area contributed by atoms with Crippen LogP contribution in [0, 0.1) is 12.8 Å². The zero-order chi connectivity index (χ0) is 11.5. The highest BCUT2D eigenvalue weighted by molar-refractivity contribution is 5.26.